The number of pyridine rings is 1. The number of nitrogens with zero attached hydrogens (tertiary/aromatic N) is 3. The van der Waals surface area contributed by atoms with Crippen molar-refractivity contribution in [1.29, 1.82) is 0 Å². The van der Waals surface area contributed by atoms with Crippen molar-refractivity contribution in [2.75, 3.05) is 19.4 Å². The Labute approximate surface area is 188 Å². The van der Waals surface area contributed by atoms with Crippen LogP contribution in [0.25, 0.3) is 10.8 Å². The van der Waals surface area contributed by atoms with E-state index >= 15 is 0 Å². The molecule has 3 rings (SSSR count). The monoisotopic (exact) mass is 482 g/mol. The lowest BCUT2D eigenvalue weighted by atomic mass is 10.1. The van der Waals surface area contributed by atoms with Gasteiger partial charge in [0.1, 0.15) is 17.3 Å². The van der Waals surface area contributed by atoms with E-state index in [-0.39, 0.29) is 32.7 Å². The Morgan fingerprint density at radius 2 is 1.97 bits per heavy atom. The molecule has 0 unspecified atom stereocenters. The van der Waals surface area contributed by atoms with Crippen LogP contribution in [0.4, 0.5) is 10.1 Å². The summed E-state index contributed by atoms with van der Waals surface area (Å²) in [6.07, 6.45) is 2.18. The zero-order chi connectivity index (χ0) is 22.8. The topological polar surface area (TPSA) is 91.7 Å². The van der Waals surface area contributed by atoms with Crippen LogP contribution < -0.4 is 5.32 Å². The number of sulfonamides is 1. The van der Waals surface area contributed by atoms with E-state index in [1.807, 2.05) is 0 Å². The Hall–Kier alpha value is -2.75. The Bertz CT molecular complexity index is 1280. The fourth-order valence-electron chi connectivity index (χ4n) is 2.78. The lowest BCUT2D eigenvalue weighted by Crippen LogP contribution is -2.16. The highest BCUT2D eigenvalue weighted by molar-refractivity contribution is 7.90. The van der Waals surface area contributed by atoms with Gasteiger partial charge in [0, 0.05) is 47.3 Å². The second kappa shape index (κ2) is 9.17. The standard InChI is InChI=1S/C20H17Cl2FN4O3S/c1-27(2)11-25-31(29,30)18-9-12(8-14-13(18)6-7-24-20(14)22)26-19(28)10-15-16(21)4-3-5-17(15)23/h3-9,11H,10H2,1-2H3,(H,26,28)/b25-11+. The number of fused-ring (bicyclic) bond motifs is 1. The maximum absolute atomic E-state index is 14.0. The Morgan fingerprint density at radius 1 is 1.23 bits per heavy atom. The van der Waals surface area contributed by atoms with Gasteiger partial charge >= 0.3 is 0 Å². The van der Waals surface area contributed by atoms with Gasteiger partial charge in [0.2, 0.25) is 5.91 Å². The van der Waals surface area contributed by atoms with Crippen molar-refractivity contribution in [3.63, 3.8) is 0 Å². The van der Waals surface area contributed by atoms with E-state index in [4.69, 9.17) is 23.2 Å². The van der Waals surface area contributed by atoms with Crippen molar-refractivity contribution in [1.82, 2.24) is 9.88 Å². The summed E-state index contributed by atoms with van der Waals surface area (Å²) in [6, 6.07) is 8.35. The molecule has 2 aromatic carbocycles. The van der Waals surface area contributed by atoms with E-state index in [0.717, 1.165) is 6.34 Å². The molecule has 0 atom stereocenters. The van der Waals surface area contributed by atoms with Gasteiger partial charge in [-0.15, -0.1) is 4.40 Å². The van der Waals surface area contributed by atoms with Gasteiger partial charge in [0.25, 0.3) is 10.0 Å². The molecule has 1 heterocycles. The maximum Gasteiger partial charge on any atom is 0.284 e. The number of carbonyl (C=O) groups is 1. The van der Waals surface area contributed by atoms with Crippen LogP contribution in [0.1, 0.15) is 5.56 Å². The molecule has 0 saturated carbocycles. The summed E-state index contributed by atoms with van der Waals surface area (Å²) in [4.78, 5) is 17.8. The summed E-state index contributed by atoms with van der Waals surface area (Å²) in [5.41, 5.74) is 0.170. The van der Waals surface area contributed by atoms with Gasteiger partial charge in [-0.1, -0.05) is 29.3 Å². The summed E-state index contributed by atoms with van der Waals surface area (Å²) >= 11 is 12.1. The predicted molar refractivity (Wildman–Crippen MR) is 120 cm³/mol. The van der Waals surface area contributed by atoms with Crippen molar-refractivity contribution < 1.29 is 17.6 Å². The van der Waals surface area contributed by atoms with E-state index in [1.165, 1.54) is 47.5 Å². The third kappa shape index (κ3) is 5.30. The molecule has 0 bridgehead atoms. The molecular formula is C20H17Cl2FN4O3S. The normalized spacial score (nSPS) is 11.8. The largest absolute Gasteiger partial charge is 0.368 e. The third-order valence-electron chi connectivity index (χ3n) is 4.17. The number of nitrogens with one attached hydrogen (secondary N) is 1. The molecule has 162 valence electrons. The number of carbonyl (C=O) groups excluding carboxylic acids is 1. The number of benzene rings is 2. The minimum absolute atomic E-state index is 0.0329. The van der Waals surface area contributed by atoms with Gasteiger partial charge in [-0.25, -0.2) is 9.37 Å². The van der Waals surface area contributed by atoms with E-state index < -0.39 is 21.7 Å². The summed E-state index contributed by atoms with van der Waals surface area (Å²) in [5, 5.41) is 3.34. The summed E-state index contributed by atoms with van der Waals surface area (Å²) in [7, 11) is -0.866. The van der Waals surface area contributed by atoms with Crippen molar-refractivity contribution in [3.05, 3.63) is 64.2 Å². The van der Waals surface area contributed by atoms with Crippen LogP contribution >= 0.6 is 23.2 Å². The number of rotatable bonds is 6. The summed E-state index contributed by atoms with van der Waals surface area (Å²) in [6.45, 7) is 0. The lowest BCUT2D eigenvalue weighted by molar-refractivity contribution is -0.115. The number of aromatic nitrogens is 1. The summed E-state index contributed by atoms with van der Waals surface area (Å²) in [5.74, 6) is -1.21. The van der Waals surface area contributed by atoms with Crippen molar-refractivity contribution in [2.45, 2.75) is 11.3 Å². The van der Waals surface area contributed by atoms with E-state index in [2.05, 4.69) is 14.7 Å². The quantitative estimate of drug-likeness (QED) is 0.323. The molecule has 0 spiro atoms. The molecule has 0 radical (unpaired) electrons. The van der Waals surface area contributed by atoms with Gasteiger partial charge in [-0.05, 0) is 30.3 Å². The van der Waals surface area contributed by atoms with E-state index in [1.54, 1.807) is 14.1 Å². The SMILES string of the molecule is CN(C)/C=N/S(=O)(=O)c1cc(NC(=O)Cc2c(F)cccc2Cl)cc2c(Cl)nccc12. The van der Waals surface area contributed by atoms with Crippen LogP contribution in [-0.2, 0) is 21.2 Å². The first-order valence-corrected chi connectivity index (χ1v) is 11.1. The molecule has 0 fully saturated rings. The van der Waals surface area contributed by atoms with Crippen molar-refractivity contribution in [3.8, 4) is 0 Å². The molecule has 1 N–H and O–H groups in total. The molecule has 31 heavy (non-hydrogen) atoms. The second-order valence-electron chi connectivity index (χ2n) is 6.76. The van der Waals surface area contributed by atoms with E-state index in [0.29, 0.717) is 10.8 Å². The molecule has 7 nitrogen and oxygen atoms in total. The fraction of sp³-hybridized carbons (Fsp3) is 0.150. The Balaban J connectivity index is 2.04. The fourth-order valence-corrected chi connectivity index (χ4v) is 4.38. The Kier molecular flexibility index (Phi) is 6.78. The van der Waals surface area contributed by atoms with Crippen LogP contribution in [0.3, 0.4) is 0 Å². The first-order valence-electron chi connectivity index (χ1n) is 8.86. The zero-order valence-corrected chi connectivity index (χ0v) is 18.8. The number of amides is 1. The average Bonchev–Trinajstić information content (AvgIpc) is 2.69. The first-order chi connectivity index (χ1) is 14.6. The van der Waals surface area contributed by atoms with Crippen LogP contribution in [0.2, 0.25) is 10.2 Å². The lowest BCUT2D eigenvalue weighted by Gasteiger charge is -2.12. The Morgan fingerprint density at radius 3 is 2.65 bits per heavy atom. The minimum Gasteiger partial charge on any atom is -0.368 e. The number of halogens is 3. The molecule has 0 aliphatic heterocycles. The molecule has 3 aromatic rings. The maximum atomic E-state index is 14.0. The summed E-state index contributed by atoms with van der Waals surface area (Å²) < 4.78 is 43.3. The first kappa shape index (κ1) is 22.9. The van der Waals surface area contributed by atoms with Gasteiger partial charge in [-0.3, -0.25) is 4.79 Å². The molecule has 0 aliphatic carbocycles. The second-order valence-corrected chi connectivity index (χ2v) is 9.12. The molecule has 11 heteroatoms. The highest BCUT2D eigenvalue weighted by atomic mass is 35.5. The minimum atomic E-state index is -4.12. The highest BCUT2D eigenvalue weighted by Gasteiger charge is 2.20. The smallest absolute Gasteiger partial charge is 0.284 e. The van der Waals surface area contributed by atoms with Gasteiger partial charge in [0.05, 0.1) is 11.3 Å². The molecular weight excluding hydrogens is 466 g/mol. The van der Waals surface area contributed by atoms with Crippen LogP contribution in [0, 0.1) is 5.82 Å². The number of hydrogen-bond donors (Lipinski definition) is 1. The van der Waals surface area contributed by atoms with Crippen LogP contribution in [-0.4, -0.2) is 44.6 Å². The number of anilines is 1. The van der Waals surface area contributed by atoms with Gasteiger partial charge in [-0.2, -0.15) is 8.42 Å². The number of hydrogen-bond acceptors (Lipinski definition) is 4. The molecule has 0 saturated heterocycles. The van der Waals surface area contributed by atoms with Gasteiger partial charge < -0.3 is 10.2 Å². The highest BCUT2D eigenvalue weighted by Crippen LogP contribution is 2.32. The van der Waals surface area contributed by atoms with Crippen molar-refractivity contribution >= 4 is 61.9 Å². The molecule has 1 aromatic heterocycles. The average molecular weight is 483 g/mol. The van der Waals surface area contributed by atoms with E-state index in [9.17, 15) is 17.6 Å². The van der Waals surface area contributed by atoms with Gasteiger partial charge in [0.15, 0.2) is 0 Å². The molecule has 0 aliphatic rings. The van der Waals surface area contributed by atoms with Crippen molar-refractivity contribution in [2.24, 2.45) is 4.40 Å². The van der Waals surface area contributed by atoms with Crippen LogP contribution in [0.5, 0.6) is 0 Å². The third-order valence-corrected chi connectivity index (χ3v) is 6.09. The zero-order valence-electron chi connectivity index (χ0n) is 16.4. The predicted octanol–water partition coefficient (Wildman–Crippen LogP) is 4.14. The molecule has 1 amide bonds. The van der Waals surface area contributed by atoms with Crippen LogP contribution in [0.15, 0.2) is 51.9 Å².